The van der Waals surface area contributed by atoms with Gasteiger partial charge in [-0.25, -0.2) is 4.98 Å². The molecule has 0 radical (unpaired) electrons. The topological polar surface area (TPSA) is 71.4 Å². The van der Waals surface area contributed by atoms with Crippen LogP contribution in [0.5, 0.6) is 5.75 Å². The highest BCUT2D eigenvalue weighted by molar-refractivity contribution is 6.30. The van der Waals surface area contributed by atoms with Crippen molar-refractivity contribution in [2.75, 3.05) is 37.9 Å². The highest BCUT2D eigenvalue weighted by atomic mass is 35.5. The molecule has 0 aliphatic rings. The van der Waals surface area contributed by atoms with Crippen molar-refractivity contribution in [3.8, 4) is 5.75 Å². The zero-order valence-corrected chi connectivity index (χ0v) is 19.3. The van der Waals surface area contributed by atoms with Crippen LogP contribution in [0.15, 0.2) is 36.4 Å². The first-order valence-corrected chi connectivity index (χ1v) is 10.9. The summed E-state index contributed by atoms with van der Waals surface area (Å²) in [6, 6.07) is 11.5. The molecule has 0 atom stereocenters. The van der Waals surface area contributed by atoms with Gasteiger partial charge in [0.15, 0.2) is 0 Å². The Morgan fingerprint density at radius 3 is 2.77 bits per heavy atom. The number of aromatic nitrogens is 2. The smallest absolute Gasteiger partial charge is 0.222 e. The standard InChI is InChI=1S/C23H30ClN5O2/c1-5-13-25-18-8-6-9-19-22(18)29(4)23(27-19)26-17-12-11-16(24)15-20(17)31-14-7-10-21(30)28(2)3/h6,8-9,11-12,15,25H,5,7,10,13-14H2,1-4H3,(H,26,27). The Balaban J connectivity index is 1.79. The van der Waals surface area contributed by atoms with Crippen LogP contribution >= 0.6 is 11.6 Å². The average molecular weight is 444 g/mol. The van der Waals surface area contributed by atoms with Crippen molar-refractivity contribution in [2.45, 2.75) is 26.2 Å². The van der Waals surface area contributed by atoms with E-state index in [4.69, 9.17) is 21.3 Å². The summed E-state index contributed by atoms with van der Waals surface area (Å²) in [5.41, 5.74) is 3.77. The molecular weight excluding hydrogens is 414 g/mol. The van der Waals surface area contributed by atoms with Gasteiger partial charge in [0.1, 0.15) is 5.75 Å². The van der Waals surface area contributed by atoms with Crippen LogP contribution in [0.2, 0.25) is 5.02 Å². The molecule has 2 N–H and O–H groups in total. The summed E-state index contributed by atoms with van der Waals surface area (Å²) >= 11 is 6.19. The molecule has 1 amide bonds. The molecule has 31 heavy (non-hydrogen) atoms. The number of carbonyl (C=O) groups excluding carboxylic acids is 1. The number of aryl methyl sites for hydroxylation is 1. The molecule has 2 aromatic carbocycles. The average Bonchev–Trinajstić information content (AvgIpc) is 3.07. The van der Waals surface area contributed by atoms with E-state index < -0.39 is 0 Å². The number of imidazole rings is 1. The van der Waals surface area contributed by atoms with Crippen LogP contribution in [0.3, 0.4) is 0 Å². The number of benzene rings is 2. The van der Waals surface area contributed by atoms with E-state index >= 15 is 0 Å². The third kappa shape index (κ3) is 5.61. The lowest BCUT2D eigenvalue weighted by atomic mass is 10.2. The van der Waals surface area contributed by atoms with Crippen LogP contribution in [-0.2, 0) is 11.8 Å². The highest BCUT2D eigenvalue weighted by Crippen LogP contribution is 2.33. The van der Waals surface area contributed by atoms with Gasteiger partial charge < -0.3 is 24.8 Å². The maximum absolute atomic E-state index is 11.8. The van der Waals surface area contributed by atoms with Crippen molar-refractivity contribution < 1.29 is 9.53 Å². The van der Waals surface area contributed by atoms with Gasteiger partial charge in [0.25, 0.3) is 0 Å². The maximum Gasteiger partial charge on any atom is 0.222 e. The molecule has 0 aliphatic heterocycles. The van der Waals surface area contributed by atoms with E-state index in [0.717, 1.165) is 35.4 Å². The van der Waals surface area contributed by atoms with Crippen LogP contribution in [0.1, 0.15) is 26.2 Å². The fourth-order valence-electron chi connectivity index (χ4n) is 3.25. The predicted octanol–water partition coefficient (Wildman–Crippen LogP) is 5.04. The number of amides is 1. The van der Waals surface area contributed by atoms with Gasteiger partial charge in [-0.3, -0.25) is 4.79 Å². The Kier molecular flexibility index (Phi) is 7.63. The van der Waals surface area contributed by atoms with Crippen LogP contribution in [0.25, 0.3) is 11.0 Å². The molecule has 0 unspecified atom stereocenters. The zero-order valence-electron chi connectivity index (χ0n) is 18.5. The molecule has 7 nitrogen and oxygen atoms in total. The summed E-state index contributed by atoms with van der Waals surface area (Å²) in [6.07, 6.45) is 2.11. The summed E-state index contributed by atoms with van der Waals surface area (Å²) in [7, 11) is 5.49. The Hall–Kier alpha value is -2.93. The van der Waals surface area contributed by atoms with E-state index in [-0.39, 0.29) is 5.91 Å². The van der Waals surface area contributed by atoms with Crippen molar-refractivity contribution in [1.82, 2.24) is 14.5 Å². The quantitative estimate of drug-likeness (QED) is 0.429. The molecule has 3 aromatic rings. The number of hydrogen-bond acceptors (Lipinski definition) is 5. The van der Waals surface area contributed by atoms with Crippen molar-refractivity contribution in [3.05, 3.63) is 41.4 Å². The number of halogens is 1. The highest BCUT2D eigenvalue weighted by Gasteiger charge is 2.14. The number of ether oxygens (including phenoxy) is 1. The van der Waals surface area contributed by atoms with E-state index in [9.17, 15) is 4.79 Å². The maximum atomic E-state index is 11.8. The van der Waals surface area contributed by atoms with E-state index in [1.165, 1.54) is 0 Å². The molecule has 0 spiro atoms. The van der Waals surface area contributed by atoms with E-state index in [2.05, 4.69) is 23.6 Å². The molecule has 1 heterocycles. The number of rotatable bonds is 10. The van der Waals surface area contributed by atoms with Crippen molar-refractivity contribution in [1.29, 1.82) is 0 Å². The van der Waals surface area contributed by atoms with Gasteiger partial charge in [-0.05, 0) is 37.1 Å². The lowest BCUT2D eigenvalue weighted by Crippen LogP contribution is -2.21. The van der Waals surface area contributed by atoms with Gasteiger partial charge in [-0.2, -0.15) is 0 Å². The second kappa shape index (κ2) is 10.4. The van der Waals surface area contributed by atoms with E-state index in [1.54, 1.807) is 25.1 Å². The molecule has 0 saturated carbocycles. The summed E-state index contributed by atoms with van der Waals surface area (Å²) in [5.74, 6) is 1.41. The minimum absolute atomic E-state index is 0.0835. The molecule has 166 valence electrons. The first-order chi connectivity index (χ1) is 14.9. The largest absolute Gasteiger partial charge is 0.491 e. The summed E-state index contributed by atoms with van der Waals surface area (Å²) in [6.45, 7) is 3.46. The normalized spacial score (nSPS) is 10.9. The second-order valence-corrected chi connectivity index (χ2v) is 8.04. The van der Waals surface area contributed by atoms with Crippen molar-refractivity contribution in [3.63, 3.8) is 0 Å². The van der Waals surface area contributed by atoms with Crippen molar-refractivity contribution >= 4 is 45.9 Å². The number of nitrogens with one attached hydrogen (secondary N) is 2. The number of hydrogen-bond donors (Lipinski definition) is 2. The number of para-hydroxylation sites is 1. The molecule has 3 rings (SSSR count). The van der Waals surface area contributed by atoms with Crippen LogP contribution in [0, 0.1) is 0 Å². The zero-order chi connectivity index (χ0) is 22.4. The number of fused-ring (bicyclic) bond motifs is 1. The lowest BCUT2D eigenvalue weighted by Gasteiger charge is -2.14. The first kappa shape index (κ1) is 22.7. The summed E-state index contributed by atoms with van der Waals surface area (Å²) in [4.78, 5) is 18.1. The van der Waals surface area contributed by atoms with Crippen LogP contribution in [0.4, 0.5) is 17.3 Å². The fourth-order valence-corrected chi connectivity index (χ4v) is 3.41. The first-order valence-electron chi connectivity index (χ1n) is 10.5. The summed E-state index contributed by atoms with van der Waals surface area (Å²) in [5, 5.41) is 7.42. The van der Waals surface area contributed by atoms with Gasteiger partial charge in [-0.1, -0.05) is 24.6 Å². The van der Waals surface area contributed by atoms with Gasteiger partial charge in [0.2, 0.25) is 11.9 Å². The number of anilines is 3. The molecule has 0 aliphatic carbocycles. The molecule has 1 aromatic heterocycles. The monoisotopic (exact) mass is 443 g/mol. The van der Waals surface area contributed by atoms with Gasteiger partial charge >= 0.3 is 0 Å². The number of carbonyl (C=O) groups is 1. The van der Waals surface area contributed by atoms with E-state index in [1.807, 2.05) is 35.9 Å². The second-order valence-electron chi connectivity index (χ2n) is 7.60. The van der Waals surface area contributed by atoms with E-state index in [0.29, 0.717) is 36.2 Å². The molecule has 8 heteroatoms. The fraction of sp³-hybridized carbons (Fsp3) is 0.391. The minimum atomic E-state index is 0.0835. The van der Waals surface area contributed by atoms with Crippen molar-refractivity contribution in [2.24, 2.45) is 7.05 Å². The molecule has 0 bridgehead atoms. The Labute approximate surface area is 188 Å². The van der Waals surface area contributed by atoms with Gasteiger partial charge in [0, 0.05) is 45.2 Å². The summed E-state index contributed by atoms with van der Waals surface area (Å²) < 4.78 is 7.97. The van der Waals surface area contributed by atoms with Crippen LogP contribution in [-0.4, -0.2) is 47.6 Å². The van der Waals surface area contributed by atoms with Crippen LogP contribution < -0.4 is 15.4 Å². The SMILES string of the molecule is CCCNc1cccc2nc(Nc3ccc(Cl)cc3OCCCC(=O)N(C)C)n(C)c12. The molecular formula is C23H30ClN5O2. The predicted molar refractivity (Wildman–Crippen MR) is 128 cm³/mol. The Morgan fingerprint density at radius 2 is 2.03 bits per heavy atom. The lowest BCUT2D eigenvalue weighted by molar-refractivity contribution is -0.128. The molecule has 0 saturated heterocycles. The van der Waals surface area contributed by atoms with Gasteiger partial charge in [0.05, 0.1) is 29.0 Å². The minimum Gasteiger partial charge on any atom is -0.491 e. The Bertz CT molecular complexity index is 1050. The third-order valence-electron chi connectivity index (χ3n) is 4.94. The third-order valence-corrected chi connectivity index (χ3v) is 5.18. The molecule has 0 fully saturated rings. The van der Waals surface area contributed by atoms with Gasteiger partial charge in [-0.15, -0.1) is 0 Å². The Morgan fingerprint density at radius 1 is 1.23 bits per heavy atom. The number of nitrogens with zero attached hydrogens (tertiary/aromatic N) is 3.